The zero-order valence-electron chi connectivity index (χ0n) is 8.33. The first kappa shape index (κ1) is 11.6. The number of hydrogen-bond donors (Lipinski definition) is 0. The van der Waals surface area contributed by atoms with E-state index in [0.29, 0.717) is 10.7 Å². The van der Waals surface area contributed by atoms with Gasteiger partial charge in [0.25, 0.3) is 0 Å². The number of carbonyl (C=O) groups is 1. The van der Waals surface area contributed by atoms with Gasteiger partial charge in [0.2, 0.25) is 0 Å². The number of methoxy groups -OCH3 is 1. The van der Waals surface area contributed by atoms with Gasteiger partial charge in [-0.1, -0.05) is 17.7 Å². The van der Waals surface area contributed by atoms with Gasteiger partial charge in [-0.15, -0.1) is 0 Å². The average Bonchev–Trinajstić information content (AvgIpc) is 2.27. The third-order valence-corrected chi connectivity index (χ3v) is 3.15. The van der Waals surface area contributed by atoms with Crippen molar-refractivity contribution < 1.29 is 9.53 Å². The van der Waals surface area contributed by atoms with Crippen molar-refractivity contribution in [1.82, 2.24) is 4.98 Å². The molecule has 3 nitrogen and oxygen atoms in total. The van der Waals surface area contributed by atoms with E-state index in [4.69, 9.17) is 11.6 Å². The molecule has 0 saturated carbocycles. The van der Waals surface area contributed by atoms with Gasteiger partial charge in [0.1, 0.15) is 5.69 Å². The van der Waals surface area contributed by atoms with Crippen LogP contribution in [0, 0.1) is 3.57 Å². The Morgan fingerprint density at radius 1 is 1.44 bits per heavy atom. The van der Waals surface area contributed by atoms with Gasteiger partial charge >= 0.3 is 5.97 Å². The number of nitrogens with zero attached hydrogens (tertiary/aromatic N) is 1. The Labute approximate surface area is 111 Å². The van der Waals surface area contributed by atoms with Crippen molar-refractivity contribution >= 4 is 51.1 Å². The molecule has 1 aromatic heterocycles. The van der Waals surface area contributed by atoms with E-state index >= 15 is 0 Å². The zero-order valence-corrected chi connectivity index (χ0v) is 11.2. The predicted octanol–water partition coefficient (Wildman–Crippen LogP) is 3.28. The summed E-state index contributed by atoms with van der Waals surface area (Å²) >= 11 is 8.07. The topological polar surface area (TPSA) is 39.2 Å². The monoisotopic (exact) mass is 347 g/mol. The van der Waals surface area contributed by atoms with Gasteiger partial charge in [0.15, 0.2) is 0 Å². The molecule has 0 saturated heterocycles. The summed E-state index contributed by atoms with van der Waals surface area (Å²) in [6.45, 7) is 0. The SMILES string of the molecule is COC(=O)c1ccc2cc(Cl)cc(I)c2n1. The molecule has 2 aromatic rings. The highest BCUT2D eigenvalue weighted by Gasteiger charge is 2.09. The van der Waals surface area contributed by atoms with E-state index in [0.717, 1.165) is 14.5 Å². The molecule has 0 amide bonds. The van der Waals surface area contributed by atoms with Gasteiger partial charge in [0.05, 0.1) is 12.6 Å². The molecule has 1 heterocycles. The fourth-order valence-corrected chi connectivity index (χ4v) is 2.55. The molecule has 2 rings (SSSR count). The lowest BCUT2D eigenvalue weighted by Crippen LogP contribution is -2.04. The fraction of sp³-hybridized carbons (Fsp3) is 0.0909. The molecule has 0 unspecified atom stereocenters. The summed E-state index contributed by atoms with van der Waals surface area (Å²) in [5.41, 5.74) is 1.06. The second-order valence-corrected chi connectivity index (χ2v) is 4.75. The van der Waals surface area contributed by atoms with Crippen LogP contribution in [0.3, 0.4) is 0 Å². The number of esters is 1. The van der Waals surface area contributed by atoms with Crippen LogP contribution in [0.4, 0.5) is 0 Å². The minimum atomic E-state index is -0.437. The third-order valence-electron chi connectivity index (χ3n) is 2.11. The highest BCUT2D eigenvalue weighted by molar-refractivity contribution is 14.1. The molecule has 0 radical (unpaired) electrons. The van der Waals surface area contributed by atoms with Crippen LogP contribution >= 0.6 is 34.2 Å². The first-order valence-corrected chi connectivity index (χ1v) is 5.91. The number of halogens is 2. The normalized spacial score (nSPS) is 10.4. The molecule has 82 valence electrons. The number of fused-ring (bicyclic) bond motifs is 1. The van der Waals surface area contributed by atoms with Crippen molar-refractivity contribution in [2.75, 3.05) is 7.11 Å². The van der Waals surface area contributed by atoms with E-state index in [1.165, 1.54) is 7.11 Å². The van der Waals surface area contributed by atoms with E-state index in [1.807, 2.05) is 12.1 Å². The molecule has 5 heteroatoms. The third kappa shape index (κ3) is 2.12. The first-order valence-electron chi connectivity index (χ1n) is 4.46. The quantitative estimate of drug-likeness (QED) is 0.587. The zero-order chi connectivity index (χ0) is 11.7. The summed E-state index contributed by atoms with van der Waals surface area (Å²) in [4.78, 5) is 15.6. The van der Waals surface area contributed by atoms with Gasteiger partial charge in [-0.05, 0) is 40.8 Å². The van der Waals surface area contributed by atoms with Gasteiger partial charge in [0, 0.05) is 14.0 Å². The van der Waals surface area contributed by atoms with Crippen LogP contribution in [0.15, 0.2) is 24.3 Å². The Balaban J connectivity index is 2.66. The standard InChI is InChI=1S/C11H7ClINO2/c1-16-11(15)9-3-2-6-4-7(12)5-8(13)10(6)14-9/h2-5H,1H3. The van der Waals surface area contributed by atoms with Crippen molar-refractivity contribution in [1.29, 1.82) is 0 Å². The minimum Gasteiger partial charge on any atom is -0.464 e. The molecule has 0 aliphatic heterocycles. The lowest BCUT2D eigenvalue weighted by Gasteiger charge is -2.03. The highest BCUT2D eigenvalue weighted by Crippen LogP contribution is 2.24. The number of carbonyl (C=O) groups excluding carboxylic acids is 1. The Hall–Kier alpha value is -0.880. The number of benzene rings is 1. The number of aromatic nitrogens is 1. The van der Waals surface area contributed by atoms with Crippen molar-refractivity contribution in [3.05, 3.63) is 38.6 Å². The second-order valence-electron chi connectivity index (χ2n) is 3.15. The molecule has 0 N–H and O–H groups in total. The van der Waals surface area contributed by atoms with Crippen LogP contribution < -0.4 is 0 Å². The summed E-state index contributed by atoms with van der Waals surface area (Å²) in [5.74, 6) is -0.437. The molecule has 0 atom stereocenters. The van der Waals surface area contributed by atoms with E-state index < -0.39 is 5.97 Å². The molecule has 0 fully saturated rings. The van der Waals surface area contributed by atoms with Gasteiger partial charge in [-0.3, -0.25) is 0 Å². The van der Waals surface area contributed by atoms with Crippen molar-refractivity contribution in [2.24, 2.45) is 0 Å². The Kier molecular flexibility index (Phi) is 3.30. The Bertz CT molecular complexity index is 571. The van der Waals surface area contributed by atoms with Crippen LogP contribution in [0.5, 0.6) is 0 Å². The molecule has 16 heavy (non-hydrogen) atoms. The summed E-state index contributed by atoms with van der Waals surface area (Å²) in [6.07, 6.45) is 0. The maximum Gasteiger partial charge on any atom is 0.356 e. The Morgan fingerprint density at radius 2 is 2.19 bits per heavy atom. The van der Waals surface area contributed by atoms with E-state index in [-0.39, 0.29) is 0 Å². The molecular weight excluding hydrogens is 340 g/mol. The second kappa shape index (κ2) is 4.55. The predicted molar refractivity (Wildman–Crippen MR) is 70.8 cm³/mol. The van der Waals surface area contributed by atoms with Crippen molar-refractivity contribution in [2.45, 2.75) is 0 Å². The van der Waals surface area contributed by atoms with E-state index in [1.54, 1.807) is 12.1 Å². The fourth-order valence-electron chi connectivity index (χ4n) is 1.38. The van der Waals surface area contributed by atoms with Crippen molar-refractivity contribution in [3.63, 3.8) is 0 Å². The maximum absolute atomic E-state index is 11.3. The molecule has 0 bridgehead atoms. The number of hydrogen-bond acceptors (Lipinski definition) is 3. The summed E-state index contributed by atoms with van der Waals surface area (Å²) in [6, 6.07) is 7.05. The Morgan fingerprint density at radius 3 is 2.88 bits per heavy atom. The molecule has 1 aromatic carbocycles. The number of rotatable bonds is 1. The lowest BCUT2D eigenvalue weighted by atomic mass is 10.2. The maximum atomic E-state index is 11.3. The minimum absolute atomic E-state index is 0.301. The molecular formula is C11H7ClINO2. The number of pyridine rings is 1. The average molecular weight is 348 g/mol. The highest BCUT2D eigenvalue weighted by atomic mass is 127. The van der Waals surface area contributed by atoms with Crippen LogP contribution in [0.25, 0.3) is 10.9 Å². The lowest BCUT2D eigenvalue weighted by molar-refractivity contribution is 0.0594. The van der Waals surface area contributed by atoms with Crippen molar-refractivity contribution in [3.8, 4) is 0 Å². The van der Waals surface area contributed by atoms with Gasteiger partial charge in [-0.25, -0.2) is 9.78 Å². The summed E-state index contributed by atoms with van der Waals surface area (Å²) in [7, 11) is 1.33. The van der Waals surface area contributed by atoms with Gasteiger partial charge < -0.3 is 4.74 Å². The van der Waals surface area contributed by atoms with Crippen LogP contribution in [0.2, 0.25) is 5.02 Å². The summed E-state index contributed by atoms with van der Waals surface area (Å²) in [5, 5.41) is 1.56. The van der Waals surface area contributed by atoms with Crippen LogP contribution in [-0.2, 0) is 4.74 Å². The molecule has 0 aliphatic rings. The van der Waals surface area contributed by atoms with Gasteiger partial charge in [-0.2, -0.15) is 0 Å². The first-order chi connectivity index (χ1) is 7.61. The van der Waals surface area contributed by atoms with Crippen LogP contribution in [-0.4, -0.2) is 18.1 Å². The van der Waals surface area contributed by atoms with E-state index in [2.05, 4.69) is 32.3 Å². The van der Waals surface area contributed by atoms with Crippen LogP contribution in [0.1, 0.15) is 10.5 Å². The largest absolute Gasteiger partial charge is 0.464 e. The molecule has 0 aliphatic carbocycles. The molecule has 0 spiro atoms. The van der Waals surface area contributed by atoms with E-state index in [9.17, 15) is 4.79 Å². The smallest absolute Gasteiger partial charge is 0.356 e. The number of ether oxygens (including phenoxy) is 1. The summed E-state index contributed by atoms with van der Waals surface area (Å²) < 4.78 is 5.53.